The largest absolute Gasteiger partial charge is 0.392 e. The fraction of sp³-hybridized carbons (Fsp3) is 0.529. The summed E-state index contributed by atoms with van der Waals surface area (Å²) in [6, 6.07) is 0. The lowest BCUT2D eigenvalue weighted by Crippen LogP contribution is -1.82. The minimum atomic E-state index is -3.19. The van der Waals surface area contributed by atoms with Crippen molar-refractivity contribution in [3.63, 3.8) is 0 Å². The summed E-state index contributed by atoms with van der Waals surface area (Å²) >= 11 is 5.54. The van der Waals surface area contributed by atoms with Crippen LogP contribution in [0.3, 0.4) is 0 Å². The molecule has 0 saturated carbocycles. The van der Waals surface area contributed by atoms with Crippen LogP contribution >= 0.6 is 22.3 Å². The third-order valence-corrected chi connectivity index (χ3v) is 2.61. The van der Waals surface area contributed by atoms with Gasteiger partial charge in [0.1, 0.15) is 0 Å². The molecule has 0 aromatic rings. The van der Waals surface area contributed by atoms with Crippen molar-refractivity contribution >= 4 is 31.3 Å². The molecule has 0 bridgehead atoms. The molecule has 0 aliphatic rings. The van der Waals surface area contributed by atoms with Crippen LogP contribution in [-0.2, 0) is 9.05 Å². The first-order valence-electron chi connectivity index (χ1n) is 7.21. The molecule has 0 unspecified atom stereocenters. The van der Waals surface area contributed by atoms with Gasteiger partial charge in [0.15, 0.2) is 0 Å². The molecule has 0 amide bonds. The maximum Gasteiger partial charge on any atom is 0.229 e. The Labute approximate surface area is 151 Å². The van der Waals surface area contributed by atoms with Gasteiger partial charge < -0.3 is 5.11 Å². The lowest BCUT2D eigenvalue weighted by molar-refractivity contribution is 0.331. The number of aliphatic hydroxyl groups is 1. The van der Waals surface area contributed by atoms with Crippen molar-refractivity contribution in [3.8, 4) is 0 Å². The summed E-state index contributed by atoms with van der Waals surface area (Å²) in [5.41, 5.74) is 2.29. The van der Waals surface area contributed by atoms with Gasteiger partial charge in [0, 0.05) is 16.6 Å². The summed E-state index contributed by atoms with van der Waals surface area (Å²) in [6.45, 7) is 11.3. The number of hydrogen-bond acceptors (Lipinski definition) is 3. The van der Waals surface area contributed by atoms with Gasteiger partial charge in [-0.15, -0.1) is 24.8 Å². The molecular formula is C17H30Cl2O3S. The fourth-order valence-corrected chi connectivity index (χ4v) is 1.12. The van der Waals surface area contributed by atoms with Crippen LogP contribution in [0.2, 0.25) is 0 Å². The van der Waals surface area contributed by atoms with Crippen LogP contribution in [-0.4, -0.2) is 32.3 Å². The molecule has 0 aromatic heterocycles. The molecule has 0 fully saturated rings. The SMILES string of the molecule is C=CCCC=C(C)CCl.C=CCCC=C(C)CO.CS(=O)(=O)Cl. The molecule has 0 aliphatic heterocycles. The average molecular weight is 385 g/mol. The van der Waals surface area contributed by atoms with E-state index in [9.17, 15) is 8.42 Å². The van der Waals surface area contributed by atoms with E-state index >= 15 is 0 Å². The Hall–Kier alpha value is -0.550. The van der Waals surface area contributed by atoms with E-state index in [4.69, 9.17) is 16.7 Å². The van der Waals surface area contributed by atoms with Gasteiger partial charge in [0.25, 0.3) is 0 Å². The first-order valence-corrected chi connectivity index (χ1v) is 10.5. The normalized spacial score (nSPS) is 11.6. The number of halogens is 2. The zero-order valence-electron chi connectivity index (χ0n) is 14.4. The standard InChI is InChI=1S/C8H13Cl.C8H14O.CH3ClO2S/c2*1-3-4-5-6-8(2)7-9;1-5(2,3)4/h3,6H,1,4-5,7H2,2H3;3,6,9H,1,4-5,7H2,2H3;1H3. The van der Waals surface area contributed by atoms with Gasteiger partial charge in [-0.05, 0) is 39.5 Å². The van der Waals surface area contributed by atoms with Crippen LogP contribution in [0, 0.1) is 0 Å². The number of alkyl halides is 1. The van der Waals surface area contributed by atoms with E-state index in [2.05, 4.69) is 29.9 Å². The third-order valence-electron chi connectivity index (χ3n) is 2.19. The maximum atomic E-state index is 9.40. The number of allylic oxidation sites excluding steroid dienone is 5. The number of hydrogen-bond donors (Lipinski definition) is 1. The summed E-state index contributed by atoms with van der Waals surface area (Å²) in [4.78, 5) is 0. The van der Waals surface area contributed by atoms with Crippen LogP contribution in [0.5, 0.6) is 0 Å². The van der Waals surface area contributed by atoms with E-state index < -0.39 is 9.05 Å². The summed E-state index contributed by atoms with van der Waals surface area (Å²) in [6.07, 6.45) is 13.0. The molecule has 6 heteroatoms. The van der Waals surface area contributed by atoms with E-state index in [1.54, 1.807) is 0 Å². The smallest absolute Gasteiger partial charge is 0.229 e. The molecule has 0 rings (SSSR count). The van der Waals surface area contributed by atoms with E-state index in [0.29, 0.717) is 5.88 Å². The summed E-state index contributed by atoms with van der Waals surface area (Å²) in [5.74, 6) is 0.650. The summed E-state index contributed by atoms with van der Waals surface area (Å²) in [5, 5.41) is 8.54. The number of aliphatic hydroxyl groups excluding tert-OH is 1. The van der Waals surface area contributed by atoms with Gasteiger partial charge in [0.05, 0.1) is 12.9 Å². The summed E-state index contributed by atoms with van der Waals surface area (Å²) < 4.78 is 18.8. The van der Waals surface area contributed by atoms with Gasteiger partial charge in [-0.1, -0.05) is 35.5 Å². The van der Waals surface area contributed by atoms with Crippen LogP contribution < -0.4 is 0 Å². The van der Waals surface area contributed by atoms with Gasteiger partial charge in [-0.2, -0.15) is 0 Å². The van der Waals surface area contributed by atoms with Crippen LogP contribution in [0.15, 0.2) is 48.6 Å². The summed E-state index contributed by atoms with van der Waals surface area (Å²) in [7, 11) is 1.31. The van der Waals surface area contributed by atoms with E-state index in [1.807, 2.05) is 32.1 Å². The topological polar surface area (TPSA) is 54.4 Å². The van der Waals surface area contributed by atoms with Crippen molar-refractivity contribution in [2.24, 2.45) is 0 Å². The Morgan fingerprint density at radius 1 is 1.00 bits per heavy atom. The molecule has 136 valence electrons. The first-order chi connectivity index (χ1) is 10.6. The van der Waals surface area contributed by atoms with Gasteiger partial charge in [0.2, 0.25) is 9.05 Å². The highest BCUT2D eigenvalue weighted by Gasteiger charge is 1.84. The van der Waals surface area contributed by atoms with Crippen LogP contribution in [0.4, 0.5) is 0 Å². The molecular weight excluding hydrogens is 355 g/mol. The monoisotopic (exact) mass is 384 g/mol. The molecule has 3 nitrogen and oxygen atoms in total. The quantitative estimate of drug-likeness (QED) is 0.270. The van der Waals surface area contributed by atoms with E-state index in [0.717, 1.165) is 37.5 Å². The Balaban J connectivity index is -0.000000273. The van der Waals surface area contributed by atoms with Crippen molar-refractivity contribution in [1.29, 1.82) is 0 Å². The predicted octanol–water partition coefficient (Wildman–Crippen LogP) is 5.21. The highest BCUT2D eigenvalue weighted by Crippen LogP contribution is 2.00. The molecule has 0 atom stereocenters. The van der Waals surface area contributed by atoms with Crippen LogP contribution in [0.1, 0.15) is 39.5 Å². The molecule has 0 heterocycles. The zero-order chi connectivity index (χ0) is 18.7. The van der Waals surface area contributed by atoms with Crippen molar-refractivity contribution in [1.82, 2.24) is 0 Å². The average Bonchev–Trinajstić information content (AvgIpc) is 2.46. The highest BCUT2D eigenvalue weighted by atomic mass is 35.7. The maximum absolute atomic E-state index is 9.40. The molecule has 0 radical (unpaired) electrons. The van der Waals surface area contributed by atoms with Crippen molar-refractivity contribution in [2.75, 3.05) is 18.7 Å². The molecule has 0 spiro atoms. The first kappa shape index (κ1) is 27.3. The van der Waals surface area contributed by atoms with Crippen molar-refractivity contribution in [2.45, 2.75) is 39.5 Å². The minimum absolute atomic E-state index is 0.178. The zero-order valence-corrected chi connectivity index (χ0v) is 16.7. The minimum Gasteiger partial charge on any atom is -0.392 e. The second-order valence-corrected chi connectivity index (χ2v) is 8.12. The predicted molar refractivity (Wildman–Crippen MR) is 105 cm³/mol. The van der Waals surface area contributed by atoms with Crippen molar-refractivity contribution in [3.05, 3.63) is 48.6 Å². The Morgan fingerprint density at radius 3 is 1.61 bits per heavy atom. The van der Waals surface area contributed by atoms with Crippen LogP contribution in [0.25, 0.3) is 0 Å². The Kier molecular flexibility index (Phi) is 23.1. The number of unbranched alkanes of at least 4 members (excludes halogenated alkanes) is 2. The lowest BCUT2D eigenvalue weighted by atomic mass is 10.2. The van der Waals surface area contributed by atoms with Gasteiger partial charge in [-0.3, -0.25) is 0 Å². The van der Waals surface area contributed by atoms with Gasteiger partial charge >= 0.3 is 0 Å². The van der Waals surface area contributed by atoms with Crippen molar-refractivity contribution < 1.29 is 13.5 Å². The number of rotatable bonds is 8. The van der Waals surface area contributed by atoms with E-state index in [-0.39, 0.29) is 6.61 Å². The molecule has 23 heavy (non-hydrogen) atoms. The Bertz CT molecular complexity index is 416. The second-order valence-electron chi connectivity index (χ2n) is 4.81. The van der Waals surface area contributed by atoms with Gasteiger partial charge in [-0.25, -0.2) is 8.42 Å². The lowest BCUT2D eigenvalue weighted by Gasteiger charge is -1.91. The second kappa shape index (κ2) is 19.5. The van der Waals surface area contributed by atoms with E-state index in [1.165, 1.54) is 5.57 Å². The molecule has 0 aromatic carbocycles. The molecule has 0 aliphatic carbocycles. The molecule has 0 saturated heterocycles. The molecule has 1 N–H and O–H groups in total. The highest BCUT2D eigenvalue weighted by molar-refractivity contribution is 8.13. The third kappa shape index (κ3) is 44.9. The fourth-order valence-electron chi connectivity index (χ4n) is 1.01. The Morgan fingerprint density at radius 2 is 1.35 bits per heavy atom.